The molecule has 6 nitrogen and oxygen atoms in total. The van der Waals surface area contributed by atoms with E-state index in [4.69, 9.17) is 50.1 Å². The standard InChI is InChI=1S/C30H26Cl3NO5/c31-23-2-1-3-24(32)26(23)27(34)21(28(35)17-6-7-17)15-39-20-10-11-22(25(33)12-20)30(38)13-19(14-30)16-4-8-18(9-5-16)29(36)37/h1-5,8-12,17,19,34-35,38H,6-7,13-15H2,(H,36,37)/b28-21-,34-27?. The number of hydrogen-bond acceptors (Lipinski definition) is 5. The molecule has 0 radical (unpaired) electrons. The van der Waals surface area contributed by atoms with Crippen LogP contribution in [-0.2, 0) is 5.60 Å². The van der Waals surface area contributed by atoms with Crippen LogP contribution in [0, 0.1) is 11.3 Å². The van der Waals surface area contributed by atoms with Crippen LogP contribution in [0.3, 0.4) is 0 Å². The Bertz CT molecular complexity index is 1450. The number of aromatic carboxylic acids is 1. The molecule has 0 spiro atoms. The van der Waals surface area contributed by atoms with Crippen LogP contribution < -0.4 is 4.74 Å². The topological polar surface area (TPSA) is 111 Å². The zero-order valence-corrected chi connectivity index (χ0v) is 23.0. The van der Waals surface area contributed by atoms with E-state index < -0.39 is 11.6 Å². The van der Waals surface area contributed by atoms with Gasteiger partial charge in [-0.25, -0.2) is 4.79 Å². The van der Waals surface area contributed by atoms with Gasteiger partial charge in [-0.1, -0.05) is 59.1 Å². The fraction of sp³-hybridized carbons (Fsp3) is 0.267. The Balaban J connectivity index is 1.29. The first-order valence-corrected chi connectivity index (χ1v) is 13.6. The maximum absolute atomic E-state index is 11.2. The number of halogens is 3. The molecular formula is C30H26Cl3NO5. The normalized spacial score (nSPS) is 21.1. The number of ether oxygens (including phenoxy) is 1. The van der Waals surface area contributed by atoms with Gasteiger partial charge in [0.2, 0.25) is 0 Å². The second kappa shape index (κ2) is 10.9. The molecule has 3 aromatic carbocycles. The highest BCUT2D eigenvalue weighted by atomic mass is 35.5. The number of aliphatic hydroxyl groups excluding tert-OH is 1. The maximum Gasteiger partial charge on any atom is 0.335 e. The molecule has 2 aliphatic carbocycles. The van der Waals surface area contributed by atoms with Crippen molar-refractivity contribution < 1.29 is 24.9 Å². The van der Waals surface area contributed by atoms with E-state index in [2.05, 4.69) is 0 Å². The lowest BCUT2D eigenvalue weighted by molar-refractivity contribution is -0.0549. The summed E-state index contributed by atoms with van der Waals surface area (Å²) < 4.78 is 5.95. The number of rotatable bonds is 9. The summed E-state index contributed by atoms with van der Waals surface area (Å²) in [4.78, 5) is 11.1. The molecule has 202 valence electrons. The van der Waals surface area contributed by atoms with E-state index in [0.717, 1.165) is 18.4 Å². The summed E-state index contributed by atoms with van der Waals surface area (Å²) in [5.41, 5.74) is 1.31. The third kappa shape index (κ3) is 5.66. The zero-order valence-electron chi connectivity index (χ0n) is 20.8. The zero-order chi connectivity index (χ0) is 27.9. The van der Waals surface area contributed by atoms with Crippen molar-refractivity contribution in [3.63, 3.8) is 0 Å². The first kappa shape index (κ1) is 27.5. The highest BCUT2D eigenvalue weighted by Gasteiger charge is 2.45. The third-order valence-corrected chi connectivity index (χ3v) is 8.35. The average molecular weight is 587 g/mol. The minimum Gasteiger partial charge on any atom is -0.512 e. The van der Waals surface area contributed by atoms with Gasteiger partial charge in [0.05, 0.1) is 37.5 Å². The second-order valence-corrected chi connectivity index (χ2v) is 11.3. The van der Waals surface area contributed by atoms with Crippen molar-refractivity contribution in [2.24, 2.45) is 5.92 Å². The van der Waals surface area contributed by atoms with Gasteiger partial charge >= 0.3 is 5.97 Å². The molecular weight excluding hydrogens is 561 g/mol. The van der Waals surface area contributed by atoms with E-state index in [0.29, 0.717) is 50.4 Å². The van der Waals surface area contributed by atoms with Gasteiger partial charge in [0.25, 0.3) is 0 Å². The van der Waals surface area contributed by atoms with Gasteiger partial charge < -0.3 is 20.1 Å². The van der Waals surface area contributed by atoms with Crippen LogP contribution in [0.25, 0.3) is 0 Å². The molecule has 2 saturated carbocycles. The Morgan fingerprint density at radius 3 is 2.15 bits per heavy atom. The number of nitrogens with one attached hydrogen (secondary N) is 1. The summed E-state index contributed by atoms with van der Waals surface area (Å²) in [7, 11) is 0. The summed E-state index contributed by atoms with van der Waals surface area (Å²) in [6.45, 7) is -0.0862. The predicted octanol–water partition coefficient (Wildman–Crippen LogP) is 7.78. The number of hydrogen-bond donors (Lipinski definition) is 4. The molecule has 2 aliphatic rings. The van der Waals surface area contributed by atoms with Gasteiger partial charge in [0, 0.05) is 17.0 Å². The van der Waals surface area contributed by atoms with Gasteiger partial charge in [-0.2, -0.15) is 0 Å². The first-order valence-electron chi connectivity index (χ1n) is 12.5. The van der Waals surface area contributed by atoms with E-state index in [-0.39, 0.29) is 35.5 Å². The highest BCUT2D eigenvalue weighted by molar-refractivity contribution is 6.41. The summed E-state index contributed by atoms with van der Waals surface area (Å²) in [5, 5.41) is 40.9. The van der Waals surface area contributed by atoms with Gasteiger partial charge in [-0.15, -0.1) is 0 Å². The molecule has 0 unspecified atom stereocenters. The Labute approximate surface area is 240 Å². The molecule has 0 amide bonds. The minimum atomic E-state index is -1.11. The van der Waals surface area contributed by atoms with Crippen LogP contribution in [0.2, 0.25) is 15.1 Å². The number of benzene rings is 3. The van der Waals surface area contributed by atoms with Crippen LogP contribution in [0.5, 0.6) is 5.75 Å². The molecule has 9 heteroatoms. The monoisotopic (exact) mass is 585 g/mol. The smallest absolute Gasteiger partial charge is 0.335 e. The molecule has 2 fully saturated rings. The minimum absolute atomic E-state index is 0.00363. The van der Waals surface area contributed by atoms with Crippen LogP contribution in [0.1, 0.15) is 58.6 Å². The van der Waals surface area contributed by atoms with Crippen molar-refractivity contribution in [2.45, 2.75) is 37.2 Å². The number of allylic oxidation sites excluding steroid dienone is 1. The number of aliphatic hydroxyl groups is 2. The van der Waals surface area contributed by atoms with Crippen LogP contribution in [0.15, 0.2) is 72.0 Å². The van der Waals surface area contributed by atoms with Crippen molar-refractivity contribution in [2.75, 3.05) is 6.61 Å². The van der Waals surface area contributed by atoms with Crippen molar-refractivity contribution in [3.05, 3.63) is 109 Å². The first-order chi connectivity index (χ1) is 18.6. The lowest BCUT2D eigenvalue weighted by atomic mass is 9.65. The molecule has 0 atom stereocenters. The van der Waals surface area contributed by atoms with Gasteiger partial charge in [0.15, 0.2) is 0 Å². The van der Waals surface area contributed by atoms with Crippen LogP contribution in [-0.4, -0.2) is 33.6 Å². The Morgan fingerprint density at radius 1 is 0.949 bits per heavy atom. The Kier molecular flexibility index (Phi) is 7.66. The number of carboxylic acids is 1. The molecule has 0 aromatic heterocycles. The molecule has 0 saturated heterocycles. The summed E-state index contributed by atoms with van der Waals surface area (Å²) in [5.74, 6) is -0.380. The lowest BCUT2D eigenvalue weighted by Gasteiger charge is -2.44. The third-order valence-electron chi connectivity index (χ3n) is 7.41. The van der Waals surface area contributed by atoms with Gasteiger partial charge in [-0.05, 0) is 73.6 Å². The molecule has 5 rings (SSSR count). The molecule has 3 aromatic rings. The summed E-state index contributed by atoms with van der Waals surface area (Å²) in [6, 6.07) is 16.7. The highest BCUT2D eigenvalue weighted by Crippen LogP contribution is 2.52. The largest absolute Gasteiger partial charge is 0.512 e. The van der Waals surface area contributed by atoms with E-state index in [1.54, 1.807) is 60.7 Å². The number of carboxylic acid groups (broad SMARTS) is 1. The van der Waals surface area contributed by atoms with E-state index >= 15 is 0 Å². The fourth-order valence-electron chi connectivity index (χ4n) is 4.99. The van der Waals surface area contributed by atoms with Crippen LogP contribution >= 0.6 is 34.8 Å². The SMILES string of the molecule is N=C(/C(COc1ccc(C2(O)CC(c3ccc(C(=O)O)cc3)C2)c(Cl)c1)=C(\O)C1CC1)c1c(Cl)cccc1Cl. The van der Waals surface area contributed by atoms with E-state index in [1.807, 2.05) is 0 Å². The lowest BCUT2D eigenvalue weighted by Crippen LogP contribution is -2.40. The maximum atomic E-state index is 11.2. The summed E-state index contributed by atoms with van der Waals surface area (Å²) >= 11 is 19.2. The average Bonchev–Trinajstić information content (AvgIpc) is 3.72. The van der Waals surface area contributed by atoms with Crippen molar-refractivity contribution in [1.29, 1.82) is 5.41 Å². The Morgan fingerprint density at radius 2 is 1.59 bits per heavy atom. The van der Waals surface area contributed by atoms with Crippen LogP contribution in [0.4, 0.5) is 0 Å². The van der Waals surface area contributed by atoms with E-state index in [1.165, 1.54) is 0 Å². The predicted molar refractivity (Wildman–Crippen MR) is 152 cm³/mol. The summed E-state index contributed by atoms with van der Waals surface area (Å²) in [6.07, 6.45) is 2.58. The molecule has 0 bridgehead atoms. The number of carbonyl (C=O) groups is 1. The van der Waals surface area contributed by atoms with Crippen molar-refractivity contribution in [3.8, 4) is 5.75 Å². The molecule has 4 N–H and O–H groups in total. The quantitative estimate of drug-likeness (QED) is 0.151. The molecule has 0 heterocycles. The Hall–Kier alpha value is -3.03. The van der Waals surface area contributed by atoms with E-state index in [9.17, 15) is 15.0 Å². The fourth-order valence-corrected chi connectivity index (χ4v) is 5.93. The van der Waals surface area contributed by atoms with Crippen molar-refractivity contribution >= 4 is 46.5 Å². The van der Waals surface area contributed by atoms with Crippen molar-refractivity contribution in [1.82, 2.24) is 0 Å². The molecule has 39 heavy (non-hydrogen) atoms. The van der Waals surface area contributed by atoms with Gasteiger partial charge in [-0.3, -0.25) is 5.41 Å². The van der Waals surface area contributed by atoms with Gasteiger partial charge in [0.1, 0.15) is 18.1 Å². The second-order valence-electron chi connectivity index (χ2n) is 10.1. The molecule has 0 aliphatic heterocycles.